The van der Waals surface area contributed by atoms with Gasteiger partial charge in [0.1, 0.15) is 0 Å². The summed E-state index contributed by atoms with van der Waals surface area (Å²) in [6, 6.07) is 0. The first-order chi connectivity index (χ1) is 6.41. The standard InChI is InChI=1S/C8H19N.Cu.H2O4S.5H2O/c1-3-5-7-9-8-6-4-2;;1-5(2,3)4;;;;;/h9H,3-8H2,1-2H3;;(H2,1,2,3,4);5*1H2/q;+2;;;;;;/p-2. The van der Waals surface area contributed by atoms with Crippen LogP contribution in [0.3, 0.4) is 0 Å². The minimum absolute atomic E-state index is 0. The van der Waals surface area contributed by atoms with Crippen molar-refractivity contribution in [1.82, 2.24) is 5.32 Å². The van der Waals surface area contributed by atoms with Crippen LogP contribution in [-0.4, -0.2) is 58.0 Å². The van der Waals surface area contributed by atoms with E-state index in [1.165, 1.54) is 38.8 Å². The Bertz CT molecular complexity index is 190. The fourth-order valence-electron chi connectivity index (χ4n) is 0.729. The Morgan fingerprint density at radius 2 is 1.00 bits per heavy atom. The Balaban J connectivity index is -0.0000000199. The molecule has 0 aliphatic rings. The first-order valence-corrected chi connectivity index (χ1v) is 6.12. The van der Waals surface area contributed by atoms with Gasteiger partial charge in [0.15, 0.2) is 0 Å². The third-order valence-electron chi connectivity index (χ3n) is 1.41. The summed E-state index contributed by atoms with van der Waals surface area (Å²) in [5, 5.41) is 3.39. The number of hydrogen-bond acceptors (Lipinski definition) is 5. The van der Waals surface area contributed by atoms with Crippen LogP contribution < -0.4 is 5.32 Å². The molecule has 1 radical (unpaired) electrons. The van der Waals surface area contributed by atoms with Gasteiger partial charge >= 0.3 is 17.1 Å². The van der Waals surface area contributed by atoms with Crippen molar-refractivity contribution in [1.29, 1.82) is 0 Å². The van der Waals surface area contributed by atoms with Gasteiger partial charge in [-0.05, 0) is 25.9 Å². The van der Waals surface area contributed by atoms with E-state index in [9.17, 15) is 0 Å². The van der Waals surface area contributed by atoms with E-state index in [2.05, 4.69) is 19.2 Å². The third kappa shape index (κ3) is 141. The molecule has 0 atom stereocenters. The van der Waals surface area contributed by atoms with Gasteiger partial charge in [-0.1, -0.05) is 26.7 Å². The molecular formula is C8H29CuNO9S. The van der Waals surface area contributed by atoms with Crippen molar-refractivity contribution in [3.05, 3.63) is 0 Å². The van der Waals surface area contributed by atoms with Gasteiger partial charge in [-0.25, -0.2) is 0 Å². The number of unbranched alkanes of at least 4 members (excludes halogenated alkanes) is 2. The molecule has 0 spiro atoms. The molecule has 20 heavy (non-hydrogen) atoms. The summed E-state index contributed by atoms with van der Waals surface area (Å²) in [5.74, 6) is 0. The van der Waals surface area contributed by atoms with Gasteiger partial charge in [0, 0.05) is 10.4 Å². The summed E-state index contributed by atoms with van der Waals surface area (Å²) in [7, 11) is -5.17. The van der Waals surface area contributed by atoms with Crippen LogP contribution in [0.25, 0.3) is 0 Å². The zero-order chi connectivity index (χ0) is 11.4. The first kappa shape index (κ1) is 50.1. The third-order valence-corrected chi connectivity index (χ3v) is 1.41. The summed E-state index contributed by atoms with van der Waals surface area (Å²) >= 11 is 0. The van der Waals surface area contributed by atoms with Crippen molar-refractivity contribution in [3.8, 4) is 0 Å². The summed E-state index contributed by atoms with van der Waals surface area (Å²) in [5.41, 5.74) is 0. The molecule has 0 heterocycles. The molecule has 0 saturated heterocycles. The quantitative estimate of drug-likeness (QED) is 0.215. The molecule has 0 unspecified atom stereocenters. The first-order valence-electron chi connectivity index (χ1n) is 4.79. The topological polar surface area (TPSA) is 250 Å². The van der Waals surface area contributed by atoms with Gasteiger partial charge in [-0.15, -0.1) is 0 Å². The Hall–Kier alpha value is 0.149. The van der Waals surface area contributed by atoms with Crippen LogP contribution in [0.5, 0.6) is 0 Å². The molecule has 12 heteroatoms. The van der Waals surface area contributed by atoms with E-state index in [-0.39, 0.29) is 44.4 Å². The molecule has 0 amide bonds. The molecule has 0 fully saturated rings. The van der Waals surface area contributed by atoms with Crippen LogP contribution in [0.4, 0.5) is 0 Å². The monoisotopic (exact) mass is 378 g/mol. The molecule has 137 valence electrons. The van der Waals surface area contributed by atoms with E-state index >= 15 is 0 Å². The van der Waals surface area contributed by atoms with E-state index < -0.39 is 10.4 Å². The molecule has 0 aliphatic carbocycles. The molecule has 0 aliphatic heterocycles. The molecule has 10 nitrogen and oxygen atoms in total. The molecule has 0 aromatic heterocycles. The minimum atomic E-state index is -5.17. The molecule has 0 bridgehead atoms. The maximum absolute atomic E-state index is 8.52. The summed E-state index contributed by atoms with van der Waals surface area (Å²) in [4.78, 5) is 0. The Morgan fingerprint density at radius 1 is 0.800 bits per heavy atom. The zero-order valence-corrected chi connectivity index (χ0v) is 13.3. The molecule has 11 N–H and O–H groups in total. The average molecular weight is 379 g/mol. The van der Waals surface area contributed by atoms with E-state index in [0.29, 0.717) is 0 Å². The van der Waals surface area contributed by atoms with Crippen LogP contribution in [0, 0.1) is 0 Å². The molecule has 0 rings (SSSR count). The second-order valence-corrected chi connectivity index (χ2v) is 3.68. The molecule has 0 aromatic rings. The van der Waals surface area contributed by atoms with Crippen molar-refractivity contribution in [3.63, 3.8) is 0 Å². The molecule has 0 saturated carbocycles. The summed E-state index contributed by atoms with van der Waals surface area (Å²) in [6.45, 7) is 6.86. The Kier molecular flexibility index (Phi) is 91.3. The zero-order valence-electron chi connectivity index (χ0n) is 11.6. The van der Waals surface area contributed by atoms with Crippen molar-refractivity contribution in [2.75, 3.05) is 13.1 Å². The largest absolute Gasteiger partial charge is 2.00 e. The SMILES string of the molecule is CCCCNCCCC.O.O.O.O.O.O=S(=O)([O-])[O-].[Cu+2]. The van der Waals surface area contributed by atoms with Gasteiger partial charge in [0.05, 0.1) is 0 Å². The molecule has 0 aromatic carbocycles. The minimum Gasteiger partial charge on any atom is -0.759 e. The Morgan fingerprint density at radius 3 is 1.15 bits per heavy atom. The van der Waals surface area contributed by atoms with Crippen LogP contribution in [0.15, 0.2) is 0 Å². The molecular weight excluding hydrogens is 350 g/mol. The predicted molar refractivity (Wildman–Crippen MR) is 71.2 cm³/mol. The maximum Gasteiger partial charge on any atom is 2.00 e. The van der Waals surface area contributed by atoms with Crippen LogP contribution >= 0.6 is 0 Å². The fraction of sp³-hybridized carbons (Fsp3) is 1.00. The van der Waals surface area contributed by atoms with Crippen molar-refractivity contribution < 1.29 is 62.0 Å². The van der Waals surface area contributed by atoms with E-state index in [0.717, 1.165) is 0 Å². The van der Waals surface area contributed by atoms with E-state index in [4.69, 9.17) is 17.5 Å². The summed E-state index contributed by atoms with van der Waals surface area (Å²) in [6.07, 6.45) is 5.26. The van der Waals surface area contributed by atoms with Crippen LogP contribution in [0.2, 0.25) is 0 Å². The normalized spacial score (nSPS) is 7.40. The van der Waals surface area contributed by atoms with E-state index in [1.807, 2.05) is 0 Å². The average Bonchev–Trinajstić information content (AvgIpc) is 2.01. The van der Waals surface area contributed by atoms with Gasteiger partial charge in [-0.2, -0.15) is 0 Å². The van der Waals surface area contributed by atoms with Gasteiger partial charge < -0.3 is 41.8 Å². The van der Waals surface area contributed by atoms with Crippen molar-refractivity contribution in [2.45, 2.75) is 39.5 Å². The fourth-order valence-corrected chi connectivity index (χ4v) is 0.729. The number of rotatable bonds is 6. The van der Waals surface area contributed by atoms with Gasteiger partial charge in [0.2, 0.25) is 0 Å². The summed E-state index contributed by atoms with van der Waals surface area (Å²) < 4.78 is 34.1. The maximum atomic E-state index is 8.52. The van der Waals surface area contributed by atoms with Gasteiger partial charge in [-0.3, -0.25) is 8.42 Å². The van der Waals surface area contributed by atoms with Crippen molar-refractivity contribution in [2.24, 2.45) is 0 Å². The van der Waals surface area contributed by atoms with E-state index in [1.54, 1.807) is 0 Å². The number of nitrogens with one attached hydrogen (secondary N) is 1. The van der Waals surface area contributed by atoms with Crippen LogP contribution in [-0.2, 0) is 27.5 Å². The predicted octanol–water partition coefficient (Wildman–Crippen LogP) is -3.29. The van der Waals surface area contributed by atoms with Crippen LogP contribution in [0.1, 0.15) is 39.5 Å². The second kappa shape index (κ2) is 36.5. The number of hydrogen-bond donors (Lipinski definition) is 1. The Labute approximate surface area is 130 Å². The van der Waals surface area contributed by atoms with Crippen molar-refractivity contribution >= 4 is 10.4 Å². The van der Waals surface area contributed by atoms with Gasteiger partial charge in [0.25, 0.3) is 0 Å². The smallest absolute Gasteiger partial charge is 0.759 e. The second-order valence-electron chi connectivity index (χ2n) is 2.87.